The molecule has 1 unspecified atom stereocenters. The zero-order chi connectivity index (χ0) is 7.68. The average Bonchev–Trinajstić information content (AvgIpc) is 2.04. The van der Waals surface area contributed by atoms with Crippen LogP contribution in [-0.2, 0) is 0 Å². The van der Waals surface area contributed by atoms with E-state index in [1.54, 1.807) is 0 Å². The van der Waals surface area contributed by atoms with Gasteiger partial charge in [-0.05, 0) is 38.7 Å². The van der Waals surface area contributed by atoms with Crippen LogP contribution >= 0.6 is 10.8 Å². The van der Waals surface area contributed by atoms with Crippen LogP contribution in [0.2, 0.25) is 0 Å². The van der Waals surface area contributed by atoms with Crippen molar-refractivity contribution < 1.29 is 4.55 Å². The van der Waals surface area contributed by atoms with Crippen LogP contribution in [0.3, 0.4) is 0 Å². The third-order valence-electron chi connectivity index (χ3n) is 1.63. The molecule has 1 N–H and O–H groups in total. The van der Waals surface area contributed by atoms with E-state index < -0.39 is 10.8 Å². The summed E-state index contributed by atoms with van der Waals surface area (Å²) in [7, 11) is -0.657. The van der Waals surface area contributed by atoms with E-state index >= 15 is 0 Å². The predicted molar refractivity (Wildman–Crippen MR) is 50.9 cm³/mol. The minimum absolute atomic E-state index is 0.657. The molecule has 1 aromatic rings. The lowest BCUT2D eigenvalue weighted by molar-refractivity contribution is 0.668. The van der Waals surface area contributed by atoms with Crippen molar-refractivity contribution in [1.82, 2.24) is 0 Å². The van der Waals surface area contributed by atoms with Crippen LogP contribution in [0.5, 0.6) is 0 Å². The zero-order valence-corrected chi connectivity index (χ0v) is 6.71. The van der Waals surface area contributed by atoms with Crippen LogP contribution in [0.15, 0.2) is 29.7 Å². The van der Waals surface area contributed by atoms with Gasteiger partial charge in [0.1, 0.15) is 0 Å². The van der Waals surface area contributed by atoms with E-state index in [0.29, 0.717) is 0 Å². The lowest BCUT2D eigenvalue weighted by Gasteiger charge is -2.05. The summed E-state index contributed by atoms with van der Waals surface area (Å²) in [5.74, 6) is 0. The molecule has 1 aliphatic heterocycles. The Morgan fingerprint density at radius 3 is 2.64 bits per heavy atom. The minimum Gasteiger partial charge on any atom is -0.333 e. The Labute approximate surface area is 68.1 Å². The number of fused-ring (bicyclic) bond motifs is 1. The standard InChI is InChI=1S/C9H8OS/c10-11-6-5-8-3-1-2-4-9(8)7-11/h1-7,10H. The van der Waals surface area contributed by atoms with Crippen molar-refractivity contribution in [3.05, 3.63) is 40.8 Å². The van der Waals surface area contributed by atoms with Crippen LogP contribution in [0.25, 0.3) is 6.08 Å². The molecule has 0 amide bonds. The fourth-order valence-corrected chi connectivity index (χ4v) is 1.92. The maximum absolute atomic E-state index is 9.24. The molecular formula is C9H8OS. The van der Waals surface area contributed by atoms with Crippen molar-refractivity contribution in [3.8, 4) is 0 Å². The Bertz CT molecular complexity index is 339. The summed E-state index contributed by atoms with van der Waals surface area (Å²) < 4.78 is 9.24. The molecule has 0 radical (unpaired) electrons. The summed E-state index contributed by atoms with van der Waals surface area (Å²) in [6.45, 7) is 0. The summed E-state index contributed by atoms with van der Waals surface area (Å²) in [6, 6.07) is 8.03. The third-order valence-corrected chi connectivity index (χ3v) is 2.54. The fourth-order valence-electron chi connectivity index (χ4n) is 1.08. The van der Waals surface area contributed by atoms with E-state index in [2.05, 4.69) is 0 Å². The van der Waals surface area contributed by atoms with Gasteiger partial charge in [0, 0.05) is 0 Å². The number of rotatable bonds is 0. The van der Waals surface area contributed by atoms with Crippen LogP contribution in [0, 0.1) is 0 Å². The van der Waals surface area contributed by atoms with Gasteiger partial charge in [0.05, 0.1) is 0 Å². The van der Waals surface area contributed by atoms with Crippen molar-refractivity contribution in [2.24, 2.45) is 0 Å². The van der Waals surface area contributed by atoms with E-state index in [9.17, 15) is 4.55 Å². The van der Waals surface area contributed by atoms with Gasteiger partial charge in [0.15, 0.2) is 0 Å². The van der Waals surface area contributed by atoms with Gasteiger partial charge in [0.25, 0.3) is 0 Å². The van der Waals surface area contributed by atoms with Gasteiger partial charge in [-0.1, -0.05) is 24.3 Å². The highest BCUT2D eigenvalue weighted by Gasteiger charge is 1.99. The van der Waals surface area contributed by atoms with E-state index in [1.807, 2.05) is 41.1 Å². The topological polar surface area (TPSA) is 20.2 Å². The molecule has 2 rings (SSSR count). The molecule has 1 nitrogen and oxygen atoms in total. The van der Waals surface area contributed by atoms with Gasteiger partial charge in [-0.15, -0.1) is 0 Å². The number of hydrogen-bond donors (Lipinski definition) is 1. The Hall–Kier alpha value is -0.860. The second-order valence-electron chi connectivity index (χ2n) is 2.40. The lowest BCUT2D eigenvalue weighted by atomic mass is 10.1. The molecule has 1 aromatic carbocycles. The second kappa shape index (κ2) is 2.64. The van der Waals surface area contributed by atoms with Crippen molar-refractivity contribution >= 4 is 22.2 Å². The van der Waals surface area contributed by atoms with Crippen LogP contribution in [-0.4, -0.2) is 9.92 Å². The van der Waals surface area contributed by atoms with E-state index in [-0.39, 0.29) is 0 Å². The van der Waals surface area contributed by atoms with Gasteiger partial charge in [0.2, 0.25) is 0 Å². The summed E-state index contributed by atoms with van der Waals surface area (Å²) in [4.78, 5) is 0. The minimum atomic E-state index is -0.657. The van der Waals surface area contributed by atoms with Gasteiger partial charge in [-0.3, -0.25) is 0 Å². The SMILES string of the molecule is OS1=Cc2ccccc2C=C1. The molecule has 0 bridgehead atoms. The average molecular weight is 164 g/mol. The van der Waals surface area contributed by atoms with Crippen LogP contribution in [0.1, 0.15) is 11.1 Å². The van der Waals surface area contributed by atoms with Gasteiger partial charge >= 0.3 is 0 Å². The quantitative estimate of drug-likeness (QED) is 0.584. The first-order chi connectivity index (χ1) is 5.36. The van der Waals surface area contributed by atoms with E-state index in [4.69, 9.17) is 0 Å². The second-order valence-corrected chi connectivity index (χ2v) is 3.60. The summed E-state index contributed by atoms with van der Waals surface area (Å²) in [6.07, 6.45) is 1.96. The molecule has 0 aliphatic carbocycles. The van der Waals surface area contributed by atoms with Crippen molar-refractivity contribution in [2.45, 2.75) is 0 Å². The third kappa shape index (κ3) is 1.27. The van der Waals surface area contributed by atoms with Gasteiger partial charge in [-0.25, -0.2) is 0 Å². The van der Waals surface area contributed by atoms with Crippen LogP contribution in [0.4, 0.5) is 0 Å². The van der Waals surface area contributed by atoms with Crippen molar-refractivity contribution in [3.63, 3.8) is 0 Å². The highest BCUT2D eigenvalue weighted by atomic mass is 32.2. The Morgan fingerprint density at radius 1 is 1.09 bits per heavy atom. The number of hydrogen-bond acceptors (Lipinski definition) is 1. The molecule has 0 saturated heterocycles. The molecule has 0 spiro atoms. The van der Waals surface area contributed by atoms with E-state index in [0.717, 1.165) is 5.56 Å². The first-order valence-corrected chi connectivity index (χ1v) is 4.70. The Morgan fingerprint density at radius 2 is 1.82 bits per heavy atom. The largest absolute Gasteiger partial charge is 0.333 e. The molecule has 2 heteroatoms. The highest BCUT2D eigenvalue weighted by molar-refractivity contribution is 8.13. The maximum atomic E-state index is 9.24. The first kappa shape index (κ1) is 6.83. The zero-order valence-electron chi connectivity index (χ0n) is 5.90. The molecule has 1 aliphatic rings. The first-order valence-electron chi connectivity index (χ1n) is 3.39. The van der Waals surface area contributed by atoms with Crippen molar-refractivity contribution in [1.29, 1.82) is 0 Å². The van der Waals surface area contributed by atoms with Gasteiger partial charge < -0.3 is 4.55 Å². The molecule has 11 heavy (non-hydrogen) atoms. The molecule has 0 fully saturated rings. The normalized spacial score (nSPS) is 20.6. The number of benzene rings is 1. The molecule has 1 atom stereocenters. The predicted octanol–water partition coefficient (Wildman–Crippen LogP) is 2.56. The Balaban J connectivity index is 2.61. The lowest BCUT2D eigenvalue weighted by Crippen LogP contribution is -1.89. The monoisotopic (exact) mass is 164 g/mol. The fraction of sp³-hybridized carbons (Fsp3) is 0. The van der Waals surface area contributed by atoms with Crippen molar-refractivity contribution in [2.75, 3.05) is 0 Å². The Kier molecular flexibility index (Phi) is 1.64. The molecule has 56 valence electrons. The molecular weight excluding hydrogens is 156 g/mol. The highest BCUT2D eigenvalue weighted by Crippen LogP contribution is 2.21. The summed E-state index contributed by atoms with van der Waals surface area (Å²) in [5.41, 5.74) is 2.31. The molecule has 0 aromatic heterocycles. The van der Waals surface area contributed by atoms with E-state index in [1.165, 1.54) is 5.56 Å². The maximum Gasteiger partial charge on any atom is -0.00146 e. The summed E-state index contributed by atoms with van der Waals surface area (Å²) >= 11 is 0. The molecule has 1 heterocycles. The molecule has 0 saturated carbocycles. The van der Waals surface area contributed by atoms with Crippen LogP contribution < -0.4 is 0 Å². The smallest absolute Gasteiger partial charge is 0.00146 e. The van der Waals surface area contributed by atoms with Gasteiger partial charge in [-0.2, -0.15) is 0 Å². The summed E-state index contributed by atoms with van der Waals surface area (Å²) in [5, 5.41) is 3.68.